The van der Waals surface area contributed by atoms with Gasteiger partial charge in [0, 0.05) is 21.4 Å². The highest BCUT2D eigenvalue weighted by atomic mass is 79.9. The van der Waals surface area contributed by atoms with E-state index < -0.39 is 10.0 Å². The summed E-state index contributed by atoms with van der Waals surface area (Å²) in [5, 5.41) is 2.82. The Kier molecular flexibility index (Phi) is 5.86. The number of hydrogen-bond donors (Lipinski definition) is 2. The lowest BCUT2D eigenvalue weighted by Crippen LogP contribution is -2.16. The molecule has 0 saturated heterocycles. The largest absolute Gasteiger partial charge is 0.322 e. The number of rotatable bonds is 5. The third-order valence-electron chi connectivity index (χ3n) is 4.16. The highest BCUT2D eigenvalue weighted by Crippen LogP contribution is 2.22. The average molecular weight is 459 g/mol. The molecule has 0 atom stereocenters. The van der Waals surface area contributed by atoms with E-state index in [9.17, 15) is 13.2 Å². The molecule has 0 aromatic heterocycles. The fourth-order valence-electron chi connectivity index (χ4n) is 2.56. The first kappa shape index (κ1) is 20.1. The van der Waals surface area contributed by atoms with Crippen molar-refractivity contribution in [3.63, 3.8) is 0 Å². The summed E-state index contributed by atoms with van der Waals surface area (Å²) in [6.07, 6.45) is 0. The predicted octanol–water partition coefficient (Wildman–Crippen LogP) is 5.12. The van der Waals surface area contributed by atoms with Crippen molar-refractivity contribution >= 4 is 43.2 Å². The van der Waals surface area contributed by atoms with Crippen LogP contribution in [0.4, 0.5) is 11.4 Å². The van der Waals surface area contributed by atoms with Crippen LogP contribution in [-0.2, 0) is 10.0 Å². The SMILES string of the molecule is Cc1ccc(NS(=O)(=O)c2cccc(C(=O)Nc3cc(Br)ccc3C)c2)cc1. The summed E-state index contributed by atoms with van der Waals surface area (Å²) in [5.41, 5.74) is 3.31. The number of carbonyl (C=O) groups excluding carboxylic acids is 1. The van der Waals surface area contributed by atoms with Crippen molar-refractivity contribution < 1.29 is 13.2 Å². The summed E-state index contributed by atoms with van der Waals surface area (Å²) in [5.74, 6) is -0.381. The van der Waals surface area contributed by atoms with Crippen molar-refractivity contribution in [3.8, 4) is 0 Å². The molecule has 0 aliphatic rings. The molecule has 0 fully saturated rings. The summed E-state index contributed by atoms with van der Waals surface area (Å²) in [4.78, 5) is 12.6. The van der Waals surface area contributed by atoms with Gasteiger partial charge < -0.3 is 5.32 Å². The number of nitrogens with one attached hydrogen (secondary N) is 2. The predicted molar refractivity (Wildman–Crippen MR) is 115 cm³/mol. The van der Waals surface area contributed by atoms with Gasteiger partial charge in [-0.2, -0.15) is 0 Å². The third-order valence-corrected chi connectivity index (χ3v) is 6.03. The van der Waals surface area contributed by atoms with Crippen LogP contribution in [0.3, 0.4) is 0 Å². The van der Waals surface area contributed by atoms with Crippen LogP contribution in [0, 0.1) is 13.8 Å². The van der Waals surface area contributed by atoms with Crippen LogP contribution in [0.2, 0.25) is 0 Å². The average Bonchev–Trinajstić information content (AvgIpc) is 2.66. The maximum Gasteiger partial charge on any atom is 0.261 e. The Morgan fingerprint density at radius 2 is 1.64 bits per heavy atom. The van der Waals surface area contributed by atoms with Crippen molar-refractivity contribution in [1.29, 1.82) is 0 Å². The third kappa shape index (κ3) is 4.79. The Hall–Kier alpha value is -2.64. The van der Waals surface area contributed by atoms with Crippen molar-refractivity contribution in [2.45, 2.75) is 18.7 Å². The number of hydrogen-bond acceptors (Lipinski definition) is 3. The minimum absolute atomic E-state index is 0.0201. The van der Waals surface area contributed by atoms with Gasteiger partial charge in [0.15, 0.2) is 0 Å². The van der Waals surface area contributed by atoms with Crippen molar-refractivity contribution in [2.75, 3.05) is 10.0 Å². The number of amides is 1. The molecule has 2 N–H and O–H groups in total. The lowest BCUT2D eigenvalue weighted by atomic mass is 10.1. The van der Waals surface area contributed by atoms with E-state index in [1.165, 1.54) is 12.1 Å². The molecular formula is C21H19BrN2O3S. The number of aryl methyl sites for hydroxylation is 2. The Morgan fingerprint density at radius 1 is 0.929 bits per heavy atom. The second-order valence-electron chi connectivity index (χ2n) is 6.41. The molecule has 7 heteroatoms. The minimum atomic E-state index is -3.81. The van der Waals surface area contributed by atoms with E-state index in [-0.39, 0.29) is 16.4 Å². The quantitative estimate of drug-likeness (QED) is 0.556. The first-order chi connectivity index (χ1) is 13.2. The molecule has 1 amide bonds. The highest BCUT2D eigenvalue weighted by molar-refractivity contribution is 9.10. The lowest BCUT2D eigenvalue weighted by molar-refractivity contribution is 0.102. The summed E-state index contributed by atoms with van der Waals surface area (Å²) >= 11 is 3.38. The summed E-state index contributed by atoms with van der Waals surface area (Å²) < 4.78 is 28.7. The van der Waals surface area contributed by atoms with Crippen molar-refractivity contribution in [3.05, 3.63) is 87.9 Å². The van der Waals surface area contributed by atoms with Crippen LogP contribution in [-0.4, -0.2) is 14.3 Å². The molecule has 0 aliphatic heterocycles. The Balaban J connectivity index is 1.83. The standard InChI is InChI=1S/C21H19BrN2O3S/c1-14-6-10-18(11-7-14)24-28(26,27)19-5-3-4-16(12-19)21(25)23-20-13-17(22)9-8-15(20)2/h3-13,24H,1-2H3,(H,23,25). The number of benzene rings is 3. The monoisotopic (exact) mass is 458 g/mol. The van der Waals surface area contributed by atoms with Crippen molar-refractivity contribution in [2.24, 2.45) is 0 Å². The first-order valence-corrected chi connectivity index (χ1v) is 10.8. The van der Waals surface area contributed by atoms with E-state index in [0.29, 0.717) is 11.4 Å². The molecule has 0 aliphatic carbocycles. The van der Waals surface area contributed by atoms with Gasteiger partial charge in [-0.05, 0) is 61.9 Å². The van der Waals surface area contributed by atoms with Crippen LogP contribution >= 0.6 is 15.9 Å². The van der Waals surface area contributed by atoms with E-state index in [4.69, 9.17) is 0 Å². The van der Waals surface area contributed by atoms with Crippen LogP contribution < -0.4 is 10.0 Å². The smallest absolute Gasteiger partial charge is 0.261 e. The summed E-state index contributed by atoms with van der Waals surface area (Å²) in [7, 11) is -3.81. The van der Waals surface area contributed by atoms with Gasteiger partial charge in [0.25, 0.3) is 15.9 Å². The zero-order chi connectivity index (χ0) is 20.3. The molecule has 5 nitrogen and oxygen atoms in total. The van der Waals surface area contributed by atoms with Gasteiger partial charge in [-0.3, -0.25) is 9.52 Å². The van der Waals surface area contributed by atoms with Gasteiger partial charge in [0.2, 0.25) is 0 Å². The second kappa shape index (κ2) is 8.16. The molecule has 0 saturated carbocycles. The molecular weight excluding hydrogens is 440 g/mol. The fourth-order valence-corrected chi connectivity index (χ4v) is 4.03. The van der Waals surface area contributed by atoms with Gasteiger partial charge in [-0.15, -0.1) is 0 Å². The van der Waals surface area contributed by atoms with Crippen LogP contribution in [0.5, 0.6) is 0 Å². The first-order valence-electron chi connectivity index (χ1n) is 8.52. The zero-order valence-electron chi connectivity index (χ0n) is 15.4. The van der Waals surface area contributed by atoms with E-state index in [0.717, 1.165) is 15.6 Å². The van der Waals surface area contributed by atoms with Gasteiger partial charge in [0.05, 0.1) is 4.90 Å². The molecule has 3 rings (SSSR count). The fraction of sp³-hybridized carbons (Fsp3) is 0.0952. The molecule has 3 aromatic rings. The van der Waals surface area contributed by atoms with Gasteiger partial charge in [0.1, 0.15) is 0 Å². The summed E-state index contributed by atoms with van der Waals surface area (Å²) in [6, 6.07) is 18.5. The second-order valence-corrected chi connectivity index (χ2v) is 9.01. The molecule has 0 radical (unpaired) electrons. The Labute approximate surface area is 173 Å². The van der Waals surface area contributed by atoms with Gasteiger partial charge in [-0.25, -0.2) is 8.42 Å². The Bertz CT molecular complexity index is 1130. The molecule has 0 bridgehead atoms. The van der Waals surface area contributed by atoms with Crippen LogP contribution in [0.25, 0.3) is 0 Å². The molecule has 0 spiro atoms. The molecule has 0 unspecified atom stereocenters. The molecule has 3 aromatic carbocycles. The number of halogens is 1. The van der Waals surface area contributed by atoms with Crippen LogP contribution in [0.15, 0.2) is 76.1 Å². The van der Waals surface area contributed by atoms with E-state index in [2.05, 4.69) is 26.0 Å². The Morgan fingerprint density at radius 3 is 2.36 bits per heavy atom. The summed E-state index contributed by atoms with van der Waals surface area (Å²) in [6.45, 7) is 3.81. The van der Waals surface area contributed by atoms with E-state index in [1.807, 2.05) is 38.1 Å². The number of anilines is 2. The lowest BCUT2D eigenvalue weighted by Gasteiger charge is -2.11. The maximum absolute atomic E-state index is 12.7. The van der Waals surface area contributed by atoms with Crippen LogP contribution in [0.1, 0.15) is 21.5 Å². The molecule has 28 heavy (non-hydrogen) atoms. The molecule has 0 heterocycles. The normalized spacial score (nSPS) is 11.1. The topological polar surface area (TPSA) is 75.3 Å². The number of carbonyl (C=O) groups is 1. The minimum Gasteiger partial charge on any atom is -0.322 e. The van der Waals surface area contributed by atoms with Crippen molar-refractivity contribution in [1.82, 2.24) is 0 Å². The highest BCUT2D eigenvalue weighted by Gasteiger charge is 2.17. The maximum atomic E-state index is 12.7. The van der Waals surface area contributed by atoms with Gasteiger partial charge >= 0.3 is 0 Å². The number of sulfonamides is 1. The van der Waals surface area contributed by atoms with Gasteiger partial charge in [-0.1, -0.05) is 45.8 Å². The van der Waals surface area contributed by atoms with E-state index in [1.54, 1.807) is 30.3 Å². The van der Waals surface area contributed by atoms with E-state index >= 15 is 0 Å². The molecule has 144 valence electrons. The zero-order valence-corrected chi connectivity index (χ0v) is 17.8.